The summed E-state index contributed by atoms with van der Waals surface area (Å²) < 4.78 is 6.43. The van der Waals surface area contributed by atoms with Crippen molar-refractivity contribution in [2.24, 2.45) is 11.8 Å². The number of imide groups is 1. The highest BCUT2D eigenvalue weighted by atomic mass is 79.9. The molecular weight excluding hydrogens is 598 g/mol. The van der Waals surface area contributed by atoms with Gasteiger partial charge in [-0.1, -0.05) is 66.2 Å². The Bertz CT molecular complexity index is 1710. The van der Waals surface area contributed by atoms with Gasteiger partial charge in [0.1, 0.15) is 11.3 Å². The lowest BCUT2D eigenvalue weighted by molar-refractivity contribution is -0.148. The van der Waals surface area contributed by atoms with Crippen molar-refractivity contribution in [3.05, 3.63) is 93.6 Å². The predicted molar refractivity (Wildman–Crippen MR) is 164 cm³/mol. The normalized spacial score (nSPS) is 23.5. The zero-order valence-electron chi connectivity index (χ0n) is 23.6. The smallest absolute Gasteiger partial charge is 0.325 e. The fourth-order valence-corrected chi connectivity index (χ4v) is 7.33. The van der Waals surface area contributed by atoms with Gasteiger partial charge in [-0.15, -0.1) is 0 Å². The van der Waals surface area contributed by atoms with Gasteiger partial charge in [0.15, 0.2) is 0 Å². The number of benzene rings is 3. The molecule has 2 fully saturated rings. The van der Waals surface area contributed by atoms with Crippen LogP contribution in [0.25, 0.3) is 10.9 Å². The number of ether oxygens (including phenoxy) is 1. The molecule has 6 rings (SSSR count). The van der Waals surface area contributed by atoms with E-state index in [0.29, 0.717) is 29.8 Å². The molecule has 1 aromatic heterocycles. The van der Waals surface area contributed by atoms with Crippen molar-refractivity contribution in [1.82, 2.24) is 10.3 Å². The van der Waals surface area contributed by atoms with Gasteiger partial charge in [0, 0.05) is 39.6 Å². The summed E-state index contributed by atoms with van der Waals surface area (Å²) in [5, 5.41) is 15.2. The molecule has 9 heteroatoms. The number of carbonyl (C=O) groups excluding carboxylic acids is 2. The third-order valence-corrected chi connectivity index (χ3v) is 9.39. The molecule has 216 valence electrons. The lowest BCUT2D eigenvalue weighted by Gasteiger charge is -2.32. The lowest BCUT2D eigenvalue weighted by atomic mass is 9.76. The quantitative estimate of drug-likeness (QED) is 0.219. The molecule has 2 saturated heterocycles. The van der Waals surface area contributed by atoms with E-state index in [1.54, 1.807) is 12.3 Å². The van der Waals surface area contributed by atoms with Gasteiger partial charge in [-0.2, -0.15) is 0 Å². The number of anilines is 1. The summed E-state index contributed by atoms with van der Waals surface area (Å²) in [5.41, 5.74) is 2.81. The molecule has 4 aromatic rings. The number of carbonyl (C=O) groups is 3. The minimum absolute atomic E-state index is 0.00323. The summed E-state index contributed by atoms with van der Waals surface area (Å²) in [6.45, 7) is 3.97. The second kappa shape index (κ2) is 10.7. The number of fused-ring (bicyclic) bond motifs is 2. The molecular formula is C33H32BrN3O5. The highest BCUT2D eigenvalue weighted by Gasteiger charge is 2.69. The van der Waals surface area contributed by atoms with Crippen LogP contribution >= 0.6 is 15.9 Å². The van der Waals surface area contributed by atoms with Gasteiger partial charge in [-0.05, 0) is 53.8 Å². The summed E-state index contributed by atoms with van der Waals surface area (Å²) in [5.74, 6) is -3.68. The fourth-order valence-electron chi connectivity index (χ4n) is 6.95. The Hall–Kier alpha value is -3.95. The molecule has 3 heterocycles. The number of para-hydroxylation sites is 2. The number of halogens is 1. The van der Waals surface area contributed by atoms with Crippen LogP contribution in [-0.4, -0.2) is 40.5 Å². The number of hydrogen-bond donors (Lipinski definition) is 3. The maximum absolute atomic E-state index is 14.6. The molecule has 4 atom stereocenters. The van der Waals surface area contributed by atoms with Crippen molar-refractivity contribution in [1.29, 1.82) is 0 Å². The molecule has 2 aliphatic rings. The van der Waals surface area contributed by atoms with Crippen molar-refractivity contribution in [3.8, 4) is 5.75 Å². The van der Waals surface area contributed by atoms with Crippen LogP contribution in [-0.2, 0) is 33.6 Å². The van der Waals surface area contributed by atoms with Gasteiger partial charge >= 0.3 is 5.97 Å². The molecule has 2 aliphatic heterocycles. The summed E-state index contributed by atoms with van der Waals surface area (Å²) in [7, 11) is 1.54. The SMILES string of the molecule is CCc1cccc(CC)c1N1C(=O)C2C(c3cc(Br)ccc3OC)NC(Cc3c[nH]c4ccccc34)(C(=O)O)C2C1=O. The van der Waals surface area contributed by atoms with Gasteiger partial charge in [0.2, 0.25) is 11.8 Å². The lowest BCUT2D eigenvalue weighted by Crippen LogP contribution is -2.57. The number of nitrogens with zero attached hydrogens (tertiary/aromatic N) is 1. The van der Waals surface area contributed by atoms with E-state index in [9.17, 15) is 19.5 Å². The number of rotatable bonds is 8. The molecule has 42 heavy (non-hydrogen) atoms. The molecule has 4 unspecified atom stereocenters. The van der Waals surface area contributed by atoms with Crippen LogP contribution < -0.4 is 15.0 Å². The van der Waals surface area contributed by atoms with E-state index in [4.69, 9.17) is 4.74 Å². The number of carboxylic acid groups (broad SMARTS) is 1. The summed E-state index contributed by atoms with van der Waals surface area (Å²) in [4.78, 5) is 47.1. The van der Waals surface area contributed by atoms with Crippen LogP contribution in [0, 0.1) is 11.8 Å². The van der Waals surface area contributed by atoms with Crippen molar-refractivity contribution in [2.75, 3.05) is 12.0 Å². The Kier molecular flexibility index (Phi) is 7.19. The van der Waals surface area contributed by atoms with E-state index in [2.05, 4.69) is 26.2 Å². The standard InChI is InChI=1S/C33H32BrN3O5/c1-4-18-9-8-10-19(5-2)29(18)37-30(38)26-27(31(37)39)33(32(40)41,16-20-17-35-24-12-7-6-11-22(20)24)36-28(26)23-15-21(34)13-14-25(23)42-3/h6-15,17,26-28,35-36H,4-5,16H2,1-3H3,(H,40,41). The predicted octanol–water partition coefficient (Wildman–Crippen LogP) is 5.58. The number of aliphatic carboxylic acids is 1. The minimum atomic E-state index is -1.76. The topological polar surface area (TPSA) is 112 Å². The van der Waals surface area contributed by atoms with Crippen LogP contribution in [0.4, 0.5) is 5.69 Å². The van der Waals surface area contributed by atoms with Crippen LogP contribution in [0.1, 0.15) is 42.1 Å². The fraction of sp³-hybridized carbons (Fsp3) is 0.303. The summed E-state index contributed by atoms with van der Waals surface area (Å²) in [6.07, 6.45) is 3.04. The van der Waals surface area contributed by atoms with Gasteiger partial charge in [0.25, 0.3) is 0 Å². The Labute approximate surface area is 252 Å². The molecule has 0 bridgehead atoms. The molecule has 2 amide bonds. The number of H-pyrrole nitrogens is 1. The second-order valence-corrected chi connectivity index (χ2v) is 11.9. The van der Waals surface area contributed by atoms with E-state index in [-0.39, 0.29) is 6.42 Å². The first-order valence-corrected chi connectivity index (χ1v) is 14.9. The first-order chi connectivity index (χ1) is 20.2. The van der Waals surface area contributed by atoms with Crippen molar-refractivity contribution < 1.29 is 24.2 Å². The Morgan fingerprint density at radius 1 is 1.00 bits per heavy atom. The molecule has 8 nitrogen and oxygen atoms in total. The molecule has 0 aliphatic carbocycles. The van der Waals surface area contributed by atoms with Gasteiger partial charge in [-0.3, -0.25) is 19.7 Å². The van der Waals surface area contributed by atoms with Gasteiger partial charge < -0.3 is 14.8 Å². The third kappa shape index (κ3) is 4.17. The number of aryl methyl sites for hydroxylation is 2. The number of aromatic amines is 1. The Morgan fingerprint density at radius 3 is 2.38 bits per heavy atom. The maximum Gasteiger partial charge on any atom is 0.325 e. The van der Waals surface area contributed by atoms with E-state index in [1.165, 1.54) is 12.0 Å². The number of hydrogen-bond acceptors (Lipinski definition) is 5. The Morgan fingerprint density at radius 2 is 1.71 bits per heavy atom. The minimum Gasteiger partial charge on any atom is -0.496 e. The largest absolute Gasteiger partial charge is 0.496 e. The number of aromatic nitrogens is 1. The van der Waals surface area contributed by atoms with Crippen molar-refractivity contribution >= 4 is 50.3 Å². The highest BCUT2D eigenvalue weighted by Crippen LogP contribution is 2.53. The monoisotopic (exact) mass is 629 g/mol. The number of nitrogens with one attached hydrogen (secondary N) is 2. The van der Waals surface area contributed by atoms with Crippen molar-refractivity contribution in [3.63, 3.8) is 0 Å². The maximum atomic E-state index is 14.6. The van der Waals surface area contributed by atoms with Crippen LogP contribution in [0.3, 0.4) is 0 Å². The molecule has 0 spiro atoms. The van der Waals surface area contributed by atoms with Crippen molar-refractivity contribution in [2.45, 2.75) is 44.7 Å². The zero-order valence-corrected chi connectivity index (χ0v) is 25.2. The van der Waals surface area contributed by atoms with Gasteiger partial charge in [0.05, 0.1) is 24.6 Å². The average molecular weight is 631 g/mol. The van der Waals surface area contributed by atoms with E-state index in [0.717, 1.165) is 32.1 Å². The number of carboxylic acids is 1. The first kappa shape index (κ1) is 28.2. The first-order valence-electron chi connectivity index (χ1n) is 14.1. The molecule has 0 saturated carbocycles. The molecule has 0 radical (unpaired) electrons. The summed E-state index contributed by atoms with van der Waals surface area (Å²) >= 11 is 3.53. The third-order valence-electron chi connectivity index (χ3n) is 8.90. The zero-order chi connectivity index (χ0) is 29.8. The van der Waals surface area contributed by atoms with Crippen LogP contribution in [0.5, 0.6) is 5.75 Å². The summed E-state index contributed by atoms with van der Waals surface area (Å²) in [6, 6.07) is 18.1. The average Bonchev–Trinajstić information content (AvgIpc) is 3.64. The van der Waals surface area contributed by atoms with E-state index in [1.807, 2.05) is 68.4 Å². The highest BCUT2D eigenvalue weighted by molar-refractivity contribution is 9.10. The van der Waals surface area contributed by atoms with E-state index >= 15 is 0 Å². The van der Waals surface area contributed by atoms with Gasteiger partial charge in [-0.25, -0.2) is 4.90 Å². The van der Waals surface area contributed by atoms with E-state index < -0.39 is 41.2 Å². The number of amides is 2. The van der Waals surface area contributed by atoms with Crippen LogP contribution in [0.15, 0.2) is 71.3 Å². The Balaban J connectivity index is 1.57. The number of methoxy groups -OCH3 is 1. The molecule has 3 aromatic carbocycles. The van der Waals surface area contributed by atoms with Crippen LogP contribution in [0.2, 0.25) is 0 Å². The molecule has 3 N–H and O–H groups in total. The second-order valence-electron chi connectivity index (χ2n) is 11.0.